The van der Waals surface area contributed by atoms with Crippen molar-refractivity contribution in [1.82, 2.24) is 9.80 Å². The van der Waals surface area contributed by atoms with Crippen LogP contribution in [0.4, 0.5) is 0 Å². The smallest absolute Gasteiger partial charge is 0.309 e. The fraction of sp³-hybridized carbons (Fsp3) is 0.650. The lowest BCUT2D eigenvalue weighted by Crippen LogP contribution is -2.48. The maximum absolute atomic E-state index is 12.2. The van der Waals surface area contributed by atoms with Gasteiger partial charge < -0.3 is 14.4 Å². The number of hydrogen-bond donors (Lipinski definition) is 0. The second-order valence-electron chi connectivity index (χ2n) is 7.30. The van der Waals surface area contributed by atoms with Gasteiger partial charge in [-0.15, -0.1) is 0 Å². The van der Waals surface area contributed by atoms with Gasteiger partial charge in [-0.25, -0.2) is 0 Å². The molecule has 2 aliphatic rings. The van der Waals surface area contributed by atoms with E-state index in [1.807, 2.05) is 6.07 Å². The lowest BCUT2D eigenvalue weighted by atomic mass is 9.84. The topological polar surface area (TPSA) is 42.0 Å². The number of nitrogens with zero attached hydrogens (tertiary/aromatic N) is 2. The fourth-order valence-corrected chi connectivity index (χ4v) is 4.05. The molecular weight excluding hydrogens is 316 g/mol. The quantitative estimate of drug-likeness (QED) is 0.763. The Morgan fingerprint density at radius 1 is 1.16 bits per heavy atom. The molecule has 0 unspecified atom stereocenters. The van der Waals surface area contributed by atoms with E-state index in [1.54, 1.807) is 0 Å². The van der Waals surface area contributed by atoms with Gasteiger partial charge in [0.05, 0.1) is 25.7 Å². The van der Waals surface area contributed by atoms with Crippen molar-refractivity contribution in [2.24, 2.45) is 5.92 Å². The lowest BCUT2D eigenvalue weighted by Gasteiger charge is -2.39. The third kappa shape index (κ3) is 5.03. The number of carbonyl (C=O) groups is 1. The van der Waals surface area contributed by atoms with Crippen LogP contribution in [0.15, 0.2) is 30.3 Å². The van der Waals surface area contributed by atoms with Crippen molar-refractivity contribution in [3.05, 3.63) is 35.9 Å². The number of rotatable bonds is 5. The van der Waals surface area contributed by atoms with Gasteiger partial charge in [0.25, 0.3) is 0 Å². The Balaban J connectivity index is 1.62. The minimum atomic E-state index is -0.0781. The van der Waals surface area contributed by atoms with Gasteiger partial charge in [-0.2, -0.15) is 0 Å². The van der Waals surface area contributed by atoms with Crippen molar-refractivity contribution in [2.45, 2.75) is 25.4 Å². The molecule has 0 N–H and O–H groups in total. The Kier molecular flexibility index (Phi) is 6.45. The zero-order valence-corrected chi connectivity index (χ0v) is 15.4. The molecule has 3 rings (SSSR count). The highest BCUT2D eigenvalue weighted by molar-refractivity contribution is 5.72. The number of piperidine rings is 1. The number of esters is 1. The first-order valence-corrected chi connectivity index (χ1v) is 9.34. The summed E-state index contributed by atoms with van der Waals surface area (Å²) < 4.78 is 10.7. The van der Waals surface area contributed by atoms with E-state index in [0.29, 0.717) is 12.0 Å². The first-order chi connectivity index (χ1) is 12.2. The van der Waals surface area contributed by atoms with Crippen molar-refractivity contribution in [1.29, 1.82) is 0 Å². The van der Waals surface area contributed by atoms with E-state index in [-0.39, 0.29) is 11.9 Å². The number of likely N-dealkylation sites (tertiary alicyclic amines) is 1. The van der Waals surface area contributed by atoms with E-state index in [1.165, 1.54) is 12.7 Å². The van der Waals surface area contributed by atoms with Crippen LogP contribution < -0.4 is 0 Å². The third-order valence-corrected chi connectivity index (χ3v) is 5.39. The Morgan fingerprint density at radius 2 is 1.92 bits per heavy atom. The highest BCUT2D eigenvalue weighted by Crippen LogP contribution is 2.30. The summed E-state index contributed by atoms with van der Waals surface area (Å²) in [5.41, 5.74) is 1.32. The Bertz CT molecular complexity index is 551. The second-order valence-corrected chi connectivity index (χ2v) is 7.30. The van der Waals surface area contributed by atoms with Crippen LogP contribution in [0.3, 0.4) is 0 Å². The molecule has 3 atom stereocenters. The molecule has 0 radical (unpaired) electrons. The molecule has 5 heteroatoms. The van der Waals surface area contributed by atoms with Crippen molar-refractivity contribution in [3.8, 4) is 0 Å². The Labute approximate surface area is 150 Å². The molecule has 0 amide bonds. The molecule has 0 spiro atoms. The molecule has 0 saturated carbocycles. The summed E-state index contributed by atoms with van der Waals surface area (Å²) in [6.07, 6.45) is 1.19. The standard InChI is InChI=1S/C20H30N2O3/c1-16-13-21(10-11-25-16)8-9-22-14-18(17-6-4-3-5-7-17)12-19(15-22)20(23)24-2/h3-7,16,18-19H,8-15H2,1-2H3/t16-,18-,19+/m0/s1. The van der Waals surface area contributed by atoms with Gasteiger partial charge in [-0.3, -0.25) is 9.69 Å². The molecule has 0 aliphatic carbocycles. The first kappa shape index (κ1) is 18.4. The van der Waals surface area contributed by atoms with E-state index in [2.05, 4.69) is 41.0 Å². The normalized spacial score (nSPS) is 28.6. The number of benzene rings is 1. The second kappa shape index (κ2) is 8.79. The van der Waals surface area contributed by atoms with Crippen molar-refractivity contribution in [2.75, 3.05) is 53.0 Å². The van der Waals surface area contributed by atoms with Gasteiger partial charge in [0.2, 0.25) is 0 Å². The lowest BCUT2D eigenvalue weighted by molar-refractivity contribution is -0.147. The number of ether oxygens (including phenoxy) is 2. The highest BCUT2D eigenvalue weighted by Gasteiger charge is 2.33. The average Bonchev–Trinajstić information content (AvgIpc) is 2.66. The van der Waals surface area contributed by atoms with E-state index >= 15 is 0 Å². The van der Waals surface area contributed by atoms with Gasteiger partial charge >= 0.3 is 5.97 Å². The molecule has 25 heavy (non-hydrogen) atoms. The number of carbonyl (C=O) groups excluding carboxylic acids is 1. The molecule has 0 aromatic heterocycles. The third-order valence-electron chi connectivity index (χ3n) is 5.39. The van der Waals surface area contributed by atoms with Crippen LogP contribution in [-0.4, -0.2) is 74.9 Å². The van der Waals surface area contributed by atoms with Crippen LogP contribution >= 0.6 is 0 Å². The number of morpholine rings is 1. The summed E-state index contributed by atoms with van der Waals surface area (Å²) >= 11 is 0. The summed E-state index contributed by atoms with van der Waals surface area (Å²) in [5.74, 6) is 0.279. The molecule has 1 aromatic carbocycles. The van der Waals surface area contributed by atoms with Gasteiger partial charge in [0.1, 0.15) is 0 Å². The molecule has 2 saturated heterocycles. The number of methoxy groups -OCH3 is 1. The average molecular weight is 346 g/mol. The summed E-state index contributed by atoms with van der Waals surface area (Å²) in [5, 5.41) is 0. The summed E-state index contributed by atoms with van der Waals surface area (Å²) in [7, 11) is 1.49. The predicted molar refractivity (Wildman–Crippen MR) is 97.6 cm³/mol. The maximum atomic E-state index is 12.2. The van der Waals surface area contributed by atoms with Gasteiger partial charge in [0, 0.05) is 39.3 Å². The maximum Gasteiger partial charge on any atom is 0.309 e. The predicted octanol–water partition coefficient (Wildman–Crippen LogP) is 1.99. The number of hydrogen-bond acceptors (Lipinski definition) is 5. The van der Waals surface area contributed by atoms with Crippen LogP contribution in [0, 0.1) is 5.92 Å². The van der Waals surface area contributed by atoms with Crippen molar-refractivity contribution in [3.63, 3.8) is 0 Å². The molecular formula is C20H30N2O3. The first-order valence-electron chi connectivity index (χ1n) is 9.34. The molecule has 5 nitrogen and oxygen atoms in total. The summed E-state index contributed by atoms with van der Waals surface area (Å²) in [6.45, 7) is 8.78. The zero-order chi connectivity index (χ0) is 17.6. The summed E-state index contributed by atoms with van der Waals surface area (Å²) in [6, 6.07) is 10.5. The minimum Gasteiger partial charge on any atom is -0.469 e. The van der Waals surface area contributed by atoms with E-state index in [0.717, 1.165) is 52.3 Å². The largest absolute Gasteiger partial charge is 0.469 e. The SMILES string of the molecule is COC(=O)[C@@H]1C[C@H](c2ccccc2)CN(CCN2CCO[C@@H](C)C2)C1. The van der Waals surface area contributed by atoms with Crippen LogP contribution in [0.1, 0.15) is 24.8 Å². The van der Waals surface area contributed by atoms with Crippen LogP contribution in [-0.2, 0) is 14.3 Å². The van der Waals surface area contributed by atoms with E-state index < -0.39 is 0 Å². The molecule has 1 aromatic rings. The van der Waals surface area contributed by atoms with Crippen molar-refractivity contribution >= 4 is 5.97 Å². The molecule has 2 fully saturated rings. The van der Waals surface area contributed by atoms with Gasteiger partial charge in [0.15, 0.2) is 0 Å². The monoisotopic (exact) mass is 346 g/mol. The minimum absolute atomic E-state index is 0.0347. The fourth-order valence-electron chi connectivity index (χ4n) is 4.05. The van der Waals surface area contributed by atoms with Gasteiger partial charge in [-0.05, 0) is 24.8 Å². The van der Waals surface area contributed by atoms with E-state index in [9.17, 15) is 4.79 Å². The highest BCUT2D eigenvalue weighted by atomic mass is 16.5. The van der Waals surface area contributed by atoms with E-state index in [4.69, 9.17) is 9.47 Å². The Morgan fingerprint density at radius 3 is 2.64 bits per heavy atom. The van der Waals surface area contributed by atoms with Crippen LogP contribution in [0.2, 0.25) is 0 Å². The molecule has 138 valence electrons. The van der Waals surface area contributed by atoms with Crippen LogP contribution in [0.25, 0.3) is 0 Å². The van der Waals surface area contributed by atoms with Crippen LogP contribution in [0.5, 0.6) is 0 Å². The van der Waals surface area contributed by atoms with Gasteiger partial charge in [-0.1, -0.05) is 30.3 Å². The molecule has 2 heterocycles. The van der Waals surface area contributed by atoms with Crippen molar-refractivity contribution < 1.29 is 14.3 Å². The molecule has 0 bridgehead atoms. The molecule has 2 aliphatic heterocycles. The summed E-state index contributed by atoms with van der Waals surface area (Å²) in [4.78, 5) is 17.1. The Hall–Kier alpha value is -1.43. The zero-order valence-electron chi connectivity index (χ0n) is 15.4.